The van der Waals surface area contributed by atoms with Crippen LogP contribution in [0.1, 0.15) is 30.1 Å². The summed E-state index contributed by atoms with van der Waals surface area (Å²) < 4.78 is 0. The van der Waals surface area contributed by atoms with Crippen LogP contribution in [0.25, 0.3) is 0 Å². The number of urea groups is 1. The van der Waals surface area contributed by atoms with Crippen molar-refractivity contribution in [2.75, 3.05) is 25.5 Å². The molecule has 19 heavy (non-hydrogen) atoms. The Morgan fingerprint density at radius 2 is 1.68 bits per heavy atom. The first-order chi connectivity index (χ1) is 9.13. The minimum absolute atomic E-state index is 0.0144. The molecule has 0 unspecified atom stereocenters. The van der Waals surface area contributed by atoms with Crippen LogP contribution >= 0.6 is 0 Å². The first-order valence-electron chi connectivity index (χ1n) is 6.44. The number of benzene rings is 1. The molecule has 5 nitrogen and oxygen atoms in total. The van der Waals surface area contributed by atoms with Crippen LogP contribution < -0.4 is 16.0 Å². The second-order valence-electron chi connectivity index (χ2n) is 4.33. The van der Waals surface area contributed by atoms with E-state index in [0.717, 1.165) is 19.4 Å². The zero-order valence-corrected chi connectivity index (χ0v) is 11.5. The minimum atomic E-state index is -0.222. The third-order valence-electron chi connectivity index (χ3n) is 2.69. The molecule has 1 rings (SSSR count). The maximum absolute atomic E-state index is 11.6. The van der Waals surface area contributed by atoms with Gasteiger partial charge in [0.05, 0.1) is 0 Å². The van der Waals surface area contributed by atoms with Gasteiger partial charge in [-0.05, 0) is 57.6 Å². The van der Waals surface area contributed by atoms with Gasteiger partial charge >= 0.3 is 6.03 Å². The summed E-state index contributed by atoms with van der Waals surface area (Å²) in [5.74, 6) is 0.0144. The molecule has 104 valence electrons. The average Bonchev–Trinajstić information content (AvgIpc) is 2.39. The van der Waals surface area contributed by atoms with E-state index in [4.69, 9.17) is 0 Å². The van der Waals surface area contributed by atoms with Gasteiger partial charge in [-0.2, -0.15) is 0 Å². The molecule has 1 aromatic rings. The summed E-state index contributed by atoms with van der Waals surface area (Å²) in [6.07, 6.45) is 1.97. The summed E-state index contributed by atoms with van der Waals surface area (Å²) in [6, 6.07) is 6.62. The summed E-state index contributed by atoms with van der Waals surface area (Å²) in [7, 11) is 1.91. The number of hydrogen-bond donors (Lipinski definition) is 3. The van der Waals surface area contributed by atoms with Gasteiger partial charge in [-0.15, -0.1) is 0 Å². The van der Waals surface area contributed by atoms with Gasteiger partial charge in [-0.3, -0.25) is 4.79 Å². The van der Waals surface area contributed by atoms with Crippen LogP contribution in [0.5, 0.6) is 0 Å². The van der Waals surface area contributed by atoms with Crippen LogP contribution in [0.2, 0.25) is 0 Å². The van der Waals surface area contributed by atoms with Crippen molar-refractivity contribution in [3.63, 3.8) is 0 Å². The Morgan fingerprint density at radius 1 is 1.05 bits per heavy atom. The fraction of sp³-hybridized carbons (Fsp3) is 0.429. The Hall–Kier alpha value is -1.88. The first-order valence-corrected chi connectivity index (χ1v) is 6.44. The molecule has 0 bridgehead atoms. The summed E-state index contributed by atoms with van der Waals surface area (Å²) in [4.78, 5) is 22.7. The van der Waals surface area contributed by atoms with Gasteiger partial charge in [0.1, 0.15) is 0 Å². The smallest absolute Gasteiger partial charge is 0.319 e. The molecular formula is C14H21N3O2. The number of nitrogens with one attached hydrogen (secondary N) is 3. The lowest BCUT2D eigenvalue weighted by molar-refractivity contribution is 0.101. The van der Waals surface area contributed by atoms with Gasteiger partial charge in [-0.1, -0.05) is 0 Å². The highest BCUT2D eigenvalue weighted by atomic mass is 16.2. The van der Waals surface area contributed by atoms with E-state index >= 15 is 0 Å². The predicted octanol–water partition coefficient (Wildman–Crippen LogP) is 2.01. The molecular weight excluding hydrogens is 242 g/mol. The molecule has 0 spiro atoms. The summed E-state index contributed by atoms with van der Waals surface area (Å²) in [5, 5.41) is 8.56. The van der Waals surface area contributed by atoms with Gasteiger partial charge in [-0.25, -0.2) is 4.79 Å². The topological polar surface area (TPSA) is 70.2 Å². The van der Waals surface area contributed by atoms with Crippen LogP contribution in [-0.4, -0.2) is 32.0 Å². The van der Waals surface area contributed by atoms with E-state index in [1.165, 1.54) is 6.92 Å². The van der Waals surface area contributed by atoms with Crippen molar-refractivity contribution in [2.45, 2.75) is 19.8 Å². The standard InChI is InChI=1S/C14H21N3O2/c1-11(18)12-5-7-13(8-6-12)17-14(19)16-10-4-3-9-15-2/h5-8,15H,3-4,9-10H2,1-2H3,(H2,16,17,19). The molecule has 0 aliphatic carbocycles. The van der Waals surface area contributed by atoms with Crippen molar-refractivity contribution in [3.05, 3.63) is 29.8 Å². The number of anilines is 1. The van der Waals surface area contributed by atoms with Crippen molar-refractivity contribution < 1.29 is 9.59 Å². The zero-order chi connectivity index (χ0) is 14.1. The van der Waals surface area contributed by atoms with Gasteiger partial charge in [0.2, 0.25) is 0 Å². The number of rotatable bonds is 7. The fourth-order valence-electron chi connectivity index (χ4n) is 1.59. The zero-order valence-electron chi connectivity index (χ0n) is 11.5. The van der Waals surface area contributed by atoms with Crippen LogP contribution in [0.4, 0.5) is 10.5 Å². The Labute approximate surface area is 113 Å². The maximum atomic E-state index is 11.6. The molecule has 0 aliphatic heterocycles. The maximum Gasteiger partial charge on any atom is 0.319 e. The predicted molar refractivity (Wildman–Crippen MR) is 76.6 cm³/mol. The largest absolute Gasteiger partial charge is 0.338 e. The quantitative estimate of drug-likeness (QED) is 0.520. The highest BCUT2D eigenvalue weighted by Crippen LogP contribution is 2.09. The first kappa shape index (κ1) is 15.2. The molecule has 0 atom stereocenters. The second kappa shape index (κ2) is 8.26. The van der Waals surface area contributed by atoms with E-state index in [1.807, 2.05) is 7.05 Å². The van der Waals surface area contributed by atoms with Crippen LogP contribution in [0.15, 0.2) is 24.3 Å². The van der Waals surface area contributed by atoms with Gasteiger partial charge in [0, 0.05) is 17.8 Å². The van der Waals surface area contributed by atoms with Crippen LogP contribution in [0.3, 0.4) is 0 Å². The van der Waals surface area contributed by atoms with Crippen molar-refractivity contribution in [1.82, 2.24) is 10.6 Å². The van der Waals surface area contributed by atoms with E-state index in [0.29, 0.717) is 17.8 Å². The third kappa shape index (κ3) is 6.01. The normalized spacial score (nSPS) is 10.0. The Bertz CT molecular complexity index is 415. The number of unbranched alkanes of at least 4 members (excludes halogenated alkanes) is 1. The van der Waals surface area contributed by atoms with Crippen molar-refractivity contribution >= 4 is 17.5 Å². The molecule has 1 aromatic carbocycles. The average molecular weight is 263 g/mol. The van der Waals surface area contributed by atoms with Crippen molar-refractivity contribution in [2.24, 2.45) is 0 Å². The molecule has 0 saturated heterocycles. The Morgan fingerprint density at radius 3 is 2.26 bits per heavy atom. The minimum Gasteiger partial charge on any atom is -0.338 e. The molecule has 0 aromatic heterocycles. The third-order valence-corrected chi connectivity index (χ3v) is 2.69. The molecule has 0 fully saturated rings. The lowest BCUT2D eigenvalue weighted by Crippen LogP contribution is -2.29. The van der Waals surface area contributed by atoms with Crippen LogP contribution in [-0.2, 0) is 0 Å². The van der Waals surface area contributed by atoms with Crippen molar-refractivity contribution in [3.8, 4) is 0 Å². The lowest BCUT2D eigenvalue weighted by atomic mass is 10.1. The van der Waals surface area contributed by atoms with E-state index in [9.17, 15) is 9.59 Å². The van der Waals surface area contributed by atoms with E-state index in [1.54, 1.807) is 24.3 Å². The number of carbonyl (C=O) groups is 2. The Balaban J connectivity index is 2.30. The van der Waals surface area contributed by atoms with Crippen LogP contribution in [0, 0.1) is 0 Å². The highest BCUT2D eigenvalue weighted by molar-refractivity contribution is 5.95. The number of hydrogen-bond acceptors (Lipinski definition) is 3. The molecule has 0 heterocycles. The van der Waals surface area contributed by atoms with Gasteiger partial charge < -0.3 is 16.0 Å². The number of ketones is 1. The molecule has 2 amide bonds. The van der Waals surface area contributed by atoms with Gasteiger partial charge in [0.25, 0.3) is 0 Å². The fourth-order valence-corrected chi connectivity index (χ4v) is 1.59. The molecule has 3 N–H and O–H groups in total. The summed E-state index contributed by atoms with van der Waals surface area (Å²) in [6.45, 7) is 3.12. The summed E-state index contributed by atoms with van der Waals surface area (Å²) in [5.41, 5.74) is 1.32. The molecule has 0 saturated carbocycles. The van der Waals surface area contributed by atoms with E-state index < -0.39 is 0 Å². The van der Waals surface area contributed by atoms with E-state index in [2.05, 4.69) is 16.0 Å². The second-order valence-corrected chi connectivity index (χ2v) is 4.33. The Kier molecular flexibility index (Phi) is 6.60. The highest BCUT2D eigenvalue weighted by Gasteiger charge is 2.02. The van der Waals surface area contributed by atoms with Gasteiger partial charge in [0.15, 0.2) is 5.78 Å². The monoisotopic (exact) mass is 263 g/mol. The molecule has 5 heteroatoms. The SMILES string of the molecule is CNCCCCNC(=O)Nc1ccc(C(C)=O)cc1. The molecule has 0 aliphatic rings. The number of carbonyl (C=O) groups excluding carboxylic acids is 2. The number of Topliss-reactive ketones (excluding diaryl/α,β-unsaturated/α-hetero) is 1. The molecule has 0 radical (unpaired) electrons. The summed E-state index contributed by atoms with van der Waals surface area (Å²) >= 11 is 0. The van der Waals surface area contributed by atoms with E-state index in [-0.39, 0.29) is 11.8 Å². The lowest BCUT2D eigenvalue weighted by Gasteiger charge is -2.07. The van der Waals surface area contributed by atoms with Crippen molar-refractivity contribution in [1.29, 1.82) is 0 Å². The number of amides is 2.